The average Bonchev–Trinajstić information content (AvgIpc) is 2.29. The van der Waals surface area contributed by atoms with Crippen LogP contribution in [-0.4, -0.2) is 19.4 Å². The minimum atomic E-state index is -3.72. The molecule has 1 heterocycles. The first kappa shape index (κ1) is 14.3. The van der Waals surface area contributed by atoms with Gasteiger partial charge in [0.15, 0.2) is 0 Å². The molecule has 0 aliphatic rings. The number of terminal acetylenes is 1. The molecule has 1 unspecified atom stereocenters. The Morgan fingerprint density at radius 1 is 1.59 bits per heavy atom. The molecule has 0 saturated carbocycles. The highest BCUT2D eigenvalue weighted by molar-refractivity contribution is 7.89. The van der Waals surface area contributed by atoms with Gasteiger partial charge < -0.3 is 0 Å². The van der Waals surface area contributed by atoms with Crippen molar-refractivity contribution in [2.24, 2.45) is 0 Å². The largest absolute Gasteiger partial charge is 0.243 e. The Morgan fingerprint density at radius 2 is 2.24 bits per heavy atom. The van der Waals surface area contributed by atoms with E-state index in [9.17, 15) is 8.42 Å². The van der Waals surface area contributed by atoms with Crippen LogP contribution in [0.4, 0.5) is 0 Å². The molecule has 0 fully saturated rings. The summed E-state index contributed by atoms with van der Waals surface area (Å²) in [6.45, 7) is 1.78. The molecular formula is C10H10Cl2N2O2S. The number of pyridine rings is 1. The quantitative estimate of drug-likeness (QED) is 0.683. The summed E-state index contributed by atoms with van der Waals surface area (Å²) in [6, 6.07) is 0.664. The summed E-state index contributed by atoms with van der Waals surface area (Å²) < 4.78 is 26.1. The summed E-state index contributed by atoms with van der Waals surface area (Å²) in [4.78, 5) is 3.60. The van der Waals surface area contributed by atoms with E-state index in [1.807, 2.05) is 0 Å². The Morgan fingerprint density at radius 3 is 2.71 bits per heavy atom. The summed E-state index contributed by atoms with van der Waals surface area (Å²) in [7, 11) is -3.72. The van der Waals surface area contributed by atoms with E-state index in [0.717, 1.165) is 6.20 Å². The molecule has 7 heteroatoms. The molecule has 1 atom stereocenters. The lowest BCUT2D eigenvalue weighted by molar-refractivity contribution is 0.570. The molecule has 0 amide bonds. The molecule has 0 aliphatic heterocycles. The van der Waals surface area contributed by atoms with E-state index in [-0.39, 0.29) is 15.1 Å². The van der Waals surface area contributed by atoms with Crippen LogP contribution in [0.1, 0.15) is 13.3 Å². The zero-order valence-corrected chi connectivity index (χ0v) is 11.3. The Balaban J connectivity index is 3.06. The normalized spacial score (nSPS) is 13.1. The van der Waals surface area contributed by atoms with Gasteiger partial charge in [0.05, 0.1) is 11.1 Å². The van der Waals surface area contributed by atoms with Crippen LogP contribution < -0.4 is 4.72 Å². The van der Waals surface area contributed by atoms with Gasteiger partial charge in [-0.3, -0.25) is 0 Å². The predicted octanol–water partition coefficient (Wildman–Crippen LogP) is 2.08. The molecule has 92 valence electrons. The van der Waals surface area contributed by atoms with Gasteiger partial charge in [0.25, 0.3) is 0 Å². The lowest BCUT2D eigenvalue weighted by Gasteiger charge is -2.11. The van der Waals surface area contributed by atoms with Crippen molar-refractivity contribution >= 4 is 33.2 Å². The lowest BCUT2D eigenvalue weighted by Crippen LogP contribution is -2.33. The molecule has 0 spiro atoms. The minimum absolute atomic E-state index is 0.0506. The van der Waals surface area contributed by atoms with Gasteiger partial charge in [0.2, 0.25) is 10.0 Å². The molecule has 0 aliphatic carbocycles. The van der Waals surface area contributed by atoms with E-state index in [1.54, 1.807) is 6.92 Å². The molecular weight excluding hydrogens is 283 g/mol. The van der Waals surface area contributed by atoms with Gasteiger partial charge in [-0.15, -0.1) is 6.42 Å². The first-order valence-corrected chi connectivity index (χ1v) is 6.94. The van der Waals surface area contributed by atoms with Crippen molar-refractivity contribution in [2.45, 2.75) is 24.3 Å². The number of rotatable bonds is 4. The highest BCUT2D eigenvalue weighted by atomic mass is 35.5. The maximum absolute atomic E-state index is 11.9. The predicted molar refractivity (Wildman–Crippen MR) is 67.5 cm³/mol. The van der Waals surface area contributed by atoms with Crippen LogP contribution in [0, 0.1) is 12.3 Å². The average molecular weight is 293 g/mol. The minimum Gasteiger partial charge on any atom is -0.242 e. The summed E-state index contributed by atoms with van der Waals surface area (Å²) in [5.74, 6) is 2.33. The number of hydrogen-bond acceptors (Lipinski definition) is 3. The second kappa shape index (κ2) is 5.69. The summed E-state index contributed by atoms with van der Waals surface area (Å²) in [5, 5.41) is 0.123. The van der Waals surface area contributed by atoms with Gasteiger partial charge in [0.1, 0.15) is 10.0 Å². The van der Waals surface area contributed by atoms with Gasteiger partial charge in [-0.2, -0.15) is 4.72 Å². The van der Waals surface area contributed by atoms with Gasteiger partial charge in [-0.25, -0.2) is 13.4 Å². The summed E-state index contributed by atoms with van der Waals surface area (Å²) >= 11 is 11.3. The highest BCUT2D eigenvalue weighted by Crippen LogP contribution is 2.22. The second-order valence-corrected chi connectivity index (χ2v) is 5.67. The third-order valence-corrected chi connectivity index (χ3v) is 4.11. The van der Waals surface area contributed by atoms with Crippen molar-refractivity contribution in [1.82, 2.24) is 9.71 Å². The van der Waals surface area contributed by atoms with Crippen molar-refractivity contribution in [1.29, 1.82) is 0 Å². The van der Waals surface area contributed by atoms with Crippen LogP contribution in [-0.2, 0) is 10.0 Å². The molecule has 0 aromatic carbocycles. The van der Waals surface area contributed by atoms with Crippen LogP contribution in [0.2, 0.25) is 10.2 Å². The fourth-order valence-electron chi connectivity index (χ4n) is 1.04. The van der Waals surface area contributed by atoms with Crippen molar-refractivity contribution < 1.29 is 8.42 Å². The topological polar surface area (TPSA) is 59.1 Å². The molecule has 0 saturated heterocycles. The SMILES string of the molecule is C#CC(CC)NS(=O)(=O)c1cnc(Cl)c(Cl)c1. The van der Waals surface area contributed by atoms with E-state index in [4.69, 9.17) is 29.6 Å². The van der Waals surface area contributed by atoms with Crippen LogP contribution in [0.25, 0.3) is 0 Å². The van der Waals surface area contributed by atoms with Crippen molar-refractivity contribution in [3.63, 3.8) is 0 Å². The molecule has 0 bridgehead atoms. The van der Waals surface area contributed by atoms with Gasteiger partial charge >= 0.3 is 0 Å². The number of nitrogens with one attached hydrogen (secondary N) is 1. The Hall–Kier alpha value is -0.800. The van der Waals surface area contributed by atoms with E-state index < -0.39 is 16.1 Å². The van der Waals surface area contributed by atoms with E-state index in [2.05, 4.69) is 15.6 Å². The van der Waals surface area contributed by atoms with Crippen LogP contribution in [0.15, 0.2) is 17.2 Å². The molecule has 4 nitrogen and oxygen atoms in total. The van der Waals surface area contributed by atoms with Crippen molar-refractivity contribution in [2.75, 3.05) is 0 Å². The maximum Gasteiger partial charge on any atom is 0.243 e. The Labute approximate surface area is 110 Å². The molecule has 17 heavy (non-hydrogen) atoms. The second-order valence-electron chi connectivity index (χ2n) is 3.19. The number of aromatic nitrogens is 1. The summed E-state index contributed by atoms with van der Waals surface area (Å²) in [6.07, 6.45) is 6.80. The Kier molecular flexibility index (Phi) is 4.78. The van der Waals surface area contributed by atoms with Crippen LogP contribution in [0.5, 0.6) is 0 Å². The first-order chi connectivity index (χ1) is 7.90. The molecule has 1 aromatic heterocycles. The number of sulfonamides is 1. The van der Waals surface area contributed by atoms with Gasteiger partial charge in [-0.05, 0) is 12.5 Å². The molecule has 0 radical (unpaired) electrons. The van der Waals surface area contributed by atoms with E-state index in [1.165, 1.54) is 6.07 Å². The first-order valence-electron chi connectivity index (χ1n) is 4.70. The van der Waals surface area contributed by atoms with Crippen molar-refractivity contribution in [3.05, 3.63) is 22.4 Å². The van der Waals surface area contributed by atoms with E-state index in [0.29, 0.717) is 6.42 Å². The molecule has 1 aromatic rings. The standard InChI is InChI=1S/C10H10Cl2N2O2S/c1-3-7(4-2)14-17(15,16)8-5-9(11)10(12)13-6-8/h1,5-7,14H,4H2,2H3. The third-order valence-electron chi connectivity index (χ3n) is 1.99. The number of hydrogen-bond donors (Lipinski definition) is 1. The highest BCUT2D eigenvalue weighted by Gasteiger charge is 2.19. The molecule has 1 rings (SSSR count). The van der Waals surface area contributed by atoms with Crippen LogP contribution in [0.3, 0.4) is 0 Å². The van der Waals surface area contributed by atoms with Crippen LogP contribution >= 0.6 is 23.2 Å². The molecule has 1 N–H and O–H groups in total. The van der Waals surface area contributed by atoms with Gasteiger partial charge in [-0.1, -0.05) is 36.0 Å². The summed E-state index contributed by atoms with van der Waals surface area (Å²) in [5.41, 5.74) is 0. The number of nitrogens with zero attached hydrogens (tertiary/aromatic N) is 1. The fraction of sp³-hybridized carbons (Fsp3) is 0.300. The smallest absolute Gasteiger partial charge is 0.242 e. The van der Waals surface area contributed by atoms with Gasteiger partial charge in [0, 0.05) is 6.20 Å². The number of halogens is 2. The Bertz CT molecular complexity index is 552. The fourth-order valence-corrected chi connectivity index (χ4v) is 2.59. The maximum atomic E-state index is 11.9. The van der Waals surface area contributed by atoms with E-state index >= 15 is 0 Å². The lowest BCUT2D eigenvalue weighted by atomic mass is 10.3. The monoisotopic (exact) mass is 292 g/mol. The third kappa shape index (κ3) is 3.58. The van der Waals surface area contributed by atoms with Crippen molar-refractivity contribution in [3.8, 4) is 12.3 Å². The zero-order chi connectivity index (χ0) is 13.1. The zero-order valence-electron chi connectivity index (χ0n) is 8.94.